The predicted octanol–water partition coefficient (Wildman–Crippen LogP) is 3.00. The molecule has 6 heteroatoms. The highest BCUT2D eigenvalue weighted by Crippen LogP contribution is 2.31. The standard InChI is InChI=1S/C25H39N5O/c1-2-26-25(27-15-6-11-24(31)28-22-12-13-22)30-17-14-23-21(19-30)10-7-16-29(23)18-20-8-4-3-5-9-20/h3-5,8-9,21-23H,2,6-7,10-19H2,1H3,(H,26,27)(H,28,31). The smallest absolute Gasteiger partial charge is 0.220 e. The Hall–Kier alpha value is -2.08. The van der Waals surface area contributed by atoms with E-state index in [0.29, 0.717) is 31.0 Å². The van der Waals surface area contributed by atoms with Crippen LogP contribution < -0.4 is 10.6 Å². The van der Waals surface area contributed by atoms with Gasteiger partial charge in [0.15, 0.2) is 5.96 Å². The highest BCUT2D eigenvalue weighted by Gasteiger charge is 2.36. The zero-order valence-electron chi connectivity index (χ0n) is 19.1. The molecule has 31 heavy (non-hydrogen) atoms. The van der Waals surface area contributed by atoms with E-state index in [9.17, 15) is 4.79 Å². The maximum Gasteiger partial charge on any atom is 0.220 e. The largest absolute Gasteiger partial charge is 0.357 e. The molecule has 2 aliphatic heterocycles. The van der Waals surface area contributed by atoms with Crippen LogP contribution in [0.3, 0.4) is 0 Å². The first-order valence-corrected chi connectivity index (χ1v) is 12.3. The third kappa shape index (κ3) is 6.45. The molecule has 2 heterocycles. The van der Waals surface area contributed by atoms with Crippen LogP contribution in [0, 0.1) is 5.92 Å². The SMILES string of the molecule is CCNC(=NCCCC(=O)NC1CC1)N1CCC2C(CCCN2Cc2ccccc2)C1. The minimum Gasteiger partial charge on any atom is -0.357 e. The maximum absolute atomic E-state index is 11.9. The molecule has 1 aliphatic carbocycles. The van der Waals surface area contributed by atoms with Crippen molar-refractivity contribution in [2.24, 2.45) is 10.9 Å². The number of piperidine rings is 2. The Morgan fingerprint density at radius 1 is 1.13 bits per heavy atom. The third-order valence-corrected chi connectivity index (χ3v) is 6.81. The summed E-state index contributed by atoms with van der Waals surface area (Å²) in [4.78, 5) is 21.9. The van der Waals surface area contributed by atoms with Crippen LogP contribution in [-0.4, -0.2) is 66.5 Å². The van der Waals surface area contributed by atoms with Gasteiger partial charge in [0.25, 0.3) is 0 Å². The number of hydrogen-bond donors (Lipinski definition) is 2. The average Bonchev–Trinajstić information content (AvgIpc) is 3.60. The molecule has 2 saturated heterocycles. The maximum atomic E-state index is 11.9. The molecule has 3 fully saturated rings. The molecular weight excluding hydrogens is 386 g/mol. The average molecular weight is 426 g/mol. The summed E-state index contributed by atoms with van der Waals surface area (Å²) in [6, 6.07) is 12.0. The Morgan fingerprint density at radius 2 is 1.97 bits per heavy atom. The number of amides is 1. The number of likely N-dealkylation sites (tertiary alicyclic amines) is 2. The van der Waals surface area contributed by atoms with Crippen molar-refractivity contribution in [3.05, 3.63) is 35.9 Å². The molecule has 2 unspecified atom stereocenters. The van der Waals surface area contributed by atoms with Crippen LogP contribution in [0.1, 0.15) is 57.4 Å². The lowest BCUT2D eigenvalue weighted by Gasteiger charge is -2.48. The summed E-state index contributed by atoms with van der Waals surface area (Å²) in [7, 11) is 0. The third-order valence-electron chi connectivity index (χ3n) is 6.81. The molecule has 0 aromatic heterocycles. The fourth-order valence-electron chi connectivity index (χ4n) is 5.09. The van der Waals surface area contributed by atoms with Gasteiger partial charge in [0.1, 0.15) is 0 Å². The predicted molar refractivity (Wildman–Crippen MR) is 126 cm³/mol. The topological polar surface area (TPSA) is 60.0 Å². The van der Waals surface area contributed by atoms with Crippen molar-refractivity contribution in [2.75, 3.05) is 32.7 Å². The van der Waals surface area contributed by atoms with E-state index < -0.39 is 0 Å². The summed E-state index contributed by atoms with van der Waals surface area (Å²) in [5.74, 6) is 1.92. The molecule has 1 saturated carbocycles. The van der Waals surface area contributed by atoms with Crippen molar-refractivity contribution in [3.63, 3.8) is 0 Å². The van der Waals surface area contributed by atoms with Gasteiger partial charge in [-0.05, 0) is 63.5 Å². The van der Waals surface area contributed by atoms with Crippen LogP contribution in [0.5, 0.6) is 0 Å². The molecule has 0 spiro atoms. The Labute approximate surface area is 187 Å². The van der Waals surface area contributed by atoms with Crippen LogP contribution in [0.4, 0.5) is 0 Å². The van der Waals surface area contributed by atoms with Gasteiger partial charge < -0.3 is 15.5 Å². The van der Waals surface area contributed by atoms with Crippen molar-refractivity contribution >= 4 is 11.9 Å². The van der Waals surface area contributed by atoms with E-state index in [-0.39, 0.29) is 5.91 Å². The fraction of sp³-hybridized carbons (Fsp3) is 0.680. The summed E-state index contributed by atoms with van der Waals surface area (Å²) < 4.78 is 0. The highest BCUT2D eigenvalue weighted by molar-refractivity contribution is 5.80. The van der Waals surface area contributed by atoms with E-state index in [2.05, 4.69) is 57.7 Å². The lowest BCUT2D eigenvalue weighted by molar-refractivity contribution is -0.121. The van der Waals surface area contributed by atoms with Crippen LogP contribution in [0.25, 0.3) is 0 Å². The fourth-order valence-corrected chi connectivity index (χ4v) is 5.09. The number of hydrogen-bond acceptors (Lipinski definition) is 3. The van der Waals surface area contributed by atoms with E-state index in [1.54, 1.807) is 0 Å². The van der Waals surface area contributed by atoms with Crippen molar-refractivity contribution < 1.29 is 4.79 Å². The summed E-state index contributed by atoms with van der Waals surface area (Å²) >= 11 is 0. The van der Waals surface area contributed by atoms with E-state index >= 15 is 0 Å². The van der Waals surface area contributed by atoms with E-state index in [1.807, 2.05) is 0 Å². The Kier molecular flexibility index (Phi) is 7.84. The quantitative estimate of drug-likeness (QED) is 0.382. The molecule has 2 atom stereocenters. The summed E-state index contributed by atoms with van der Waals surface area (Å²) in [6.07, 6.45) is 7.49. The number of carbonyl (C=O) groups excluding carboxylic acids is 1. The number of fused-ring (bicyclic) bond motifs is 1. The molecular formula is C25H39N5O. The van der Waals surface area contributed by atoms with Crippen molar-refractivity contribution in [2.45, 2.75) is 70.5 Å². The van der Waals surface area contributed by atoms with Gasteiger partial charge in [-0.1, -0.05) is 30.3 Å². The Balaban J connectivity index is 1.29. The van der Waals surface area contributed by atoms with Crippen LogP contribution in [0.2, 0.25) is 0 Å². The van der Waals surface area contributed by atoms with Crippen molar-refractivity contribution in [3.8, 4) is 0 Å². The van der Waals surface area contributed by atoms with E-state index in [1.165, 1.54) is 31.4 Å². The molecule has 2 N–H and O–H groups in total. The van der Waals surface area contributed by atoms with Gasteiger partial charge in [0, 0.05) is 51.2 Å². The molecule has 1 aromatic carbocycles. The molecule has 1 aromatic rings. The van der Waals surface area contributed by atoms with Crippen molar-refractivity contribution in [1.82, 2.24) is 20.4 Å². The first kappa shape index (κ1) is 22.1. The molecule has 0 radical (unpaired) electrons. The number of aliphatic imine (C=N–C) groups is 1. The Bertz CT molecular complexity index is 733. The molecule has 3 aliphatic rings. The monoisotopic (exact) mass is 425 g/mol. The minimum absolute atomic E-state index is 0.184. The number of carbonyl (C=O) groups is 1. The molecule has 6 nitrogen and oxygen atoms in total. The molecule has 1 amide bonds. The second-order valence-corrected chi connectivity index (χ2v) is 9.34. The van der Waals surface area contributed by atoms with Crippen molar-refractivity contribution in [1.29, 1.82) is 0 Å². The number of guanidine groups is 1. The lowest BCUT2D eigenvalue weighted by Crippen LogP contribution is -2.56. The lowest BCUT2D eigenvalue weighted by atomic mass is 9.83. The van der Waals surface area contributed by atoms with Gasteiger partial charge in [-0.3, -0.25) is 14.7 Å². The molecule has 170 valence electrons. The summed E-state index contributed by atoms with van der Waals surface area (Å²) in [6.45, 7) is 8.15. The van der Waals surface area contributed by atoms with Gasteiger partial charge in [0.2, 0.25) is 5.91 Å². The number of benzene rings is 1. The highest BCUT2D eigenvalue weighted by atomic mass is 16.1. The number of nitrogens with zero attached hydrogens (tertiary/aromatic N) is 3. The Morgan fingerprint density at radius 3 is 2.74 bits per heavy atom. The first-order valence-electron chi connectivity index (χ1n) is 12.3. The molecule has 0 bridgehead atoms. The van der Waals surface area contributed by atoms with Crippen LogP contribution in [-0.2, 0) is 11.3 Å². The normalized spacial score (nSPS) is 24.5. The summed E-state index contributed by atoms with van der Waals surface area (Å²) in [5.41, 5.74) is 1.42. The van der Waals surface area contributed by atoms with E-state index in [0.717, 1.165) is 51.4 Å². The number of rotatable bonds is 8. The zero-order valence-corrected chi connectivity index (χ0v) is 19.1. The second-order valence-electron chi connectivity index (χ2n) is 9.34. The van der Waals surface area contributed by atoms with Crippen LogP contribution in [0.15, 0.2) is 35.3 Å². The van der Waals surface area contributed by atoms with Gasteiger partial charge in [-0.2, -0.15) is 0 Å². The second kappa shape index (κ2) is 11.0. The van der Waals surface area contributed by atoms with Gasteiger partial charge >= 0.3 is 0 Å². The van der Waals surface area contributed by atoms with Gasteiger partial charge in [-0.15, -0.1) is 0 Å². The minimum atomic E-state index is 0.184. The van der Waals surface area contributed by atoms with Gasteiger partial charge in [-0.25, -0.2) is 0 Å². The van der Waals surface area contributed by atoms with E-state index in [4.69, 9.17) is 4.99 Å². The van der Waals surface area contributed by atoms with Crippen LogP contribution >= 0.6 is 0 Å². The molecule has 4 rings (SSSR count). The zero-order chi connectivity index (χ0) is 21.5. The summed E-state index contributed by atoms with van der Waals surface area (Å²) in [5, 5.41) is 6.56. The number of nitrogens with one attached hydrogen (secondary N) is 2. The first-order chi connectivity index (χ1) is 15.2. The van der Waals surface area contributed by atoms with Gasteiger partial charge in [0.05, 0.1) is 0 Å².